The molecule has 0 aliphatic carbocycles. The summed E-state index contributed by atoms with van der Waals surface area (Å²) in [6.07, 6.45) is 2.03. The lowest BCUT2D eigenvalue weighted by Gasteiger charge is -2.12. The number of carboxylic acid groups (broad SMARTS) is 1. The molecule has 1 unspecified atom stereocenters. The SMILES string of the molecule is CCC(CNc1ccc(C(=O)N(C)C)cn1)C(=O)O. The minimum Gasteiger partial charge on any atom is -0.481 e. The summed E-state index contributed by atoms with van der Waals surface area (Å²) in [5.41, 5.74) is 0.501. The summed E-state index contributed by atoms with van der Waals surface area (Å²) in [5, 5.41) is 11.9. The molecule has 104 valence electrons. The van der Waals surface area contributed by atoms with E-state index in [2.05, 4.69) is 10.3 Å². The third-order valence-corrected chi connectivity index (χ3v) is 2.79. The van der Waals surface area contributed by atoms with Gasteiger partial charge in [-0.3, -0.25) is 9.59 Å². The molecule has 6 heteroatoms. The fraction of sp³-hybridized carbons (Fsp3) is 0.462. The van der Waals surface area contributed by atoms with Crippen molar-refractivity contribution >= 4 is 17.7 Å². The van der Waals surface area contributed by atoms with Gasteiger partial charge in [0.15, 0.2) is 0 Å². The predicted octanol–water partition coefficient (Wildman–Crippen LogP) is 1.31. The number of carbonyl (C=O) groups is 2. The minimum absolute atomic E-state index is 0.115. The highest BCUT2D eigenvalue weighted by Crippen LogP contribution is 2.09. The van der Waals surface area contributed by atoms with Crippen molar-refractivity contribution in [2.24, 2.45) is 5.92 Å². The second-order valence-corrected chi connectivity index (χ2v) is 4.46. The fourth-order valence-corrected chi connectivity index (χ4v) is 1.52. The number of nitrogens with one attached hydrogen (secondary N) is 1. The summed E-state index contributed by atoms with van der Waals surface area (Å²) in [5.74, 6) is -0.815. The van der Waals surface area contributed by atoms with Crippen LogP contribution in [-0.2, 0) is 4.79 Å². The van der Waals surface area contributed by atoms with Gasteiger partial charge in [-0.05, 0) is 18.6 Å². The van der Waals surface area contributed by atoms with E-state index in [-0.39, 0.29) is 5.91 Å². The Balaban J connectivity index is 2.62. The highest BCUT2D eigenvalue weighted by atomic mass is 16.4. The van der Waals surface area contributed by atoms with Gasteiger partial charge >= 0.3 is 5.97 Å². The topological polar surface area (TPSA) is 82.5 Å². The molecular formula is C13H19N3O3. The average Bonchev–Trinajstić information content (AvgIpc) is 2.38. The lowest BCUT2D eigenvalue weighted by molar-refractivity contribution is -0.141. The summed E-state index contributed by atoms with van der Waals surface area (Å²) < 4.78 is 0. The van der Waals surface area contributed by atoms with Gasteiger partial charge in [-0.25, -0.2) is 4.98 Å². The largest absolute Gasteiger partial charge is 0.481 e. The molecule has 0 aliphatic heterocycles. The number of hydrogen-bond acceptors (Lipinski definition) is 4. The molecule has 0 fully saturated rings. The zero-order chi connectivity index (χ0) is 14.4. The summed E-state index contributed by atoms with van der Waals surface area (Å²) in [4.78, 5) is 28.1. The second-order valence-electron chi connectivity index (χ2n) is 4.46. The molecule has 1 aromatic heterocycles. The van der Waals surface area contributed by atoms with Crippen molar-refractivity contribution in [3.05, 3.63) is 23.9 Å². The van der Waals surface area contributed by atoms with E-state index in [1.807, 2.05) is 6.92 Å². The Morgan fingerprint density at radius 1 is 1.42 bits per heavy atom. The van der Waals surface area contributed by atoms with Gasteiger partial charge in [0.2, 0.25) is 0 Å². The molecule has 1 aromatic rings. The number of pyridine rings is 1. The van der Waals surface area contributed by atoms with Crippen LogP contribution in [0.1, 0.15) is 23.7 Å². The van der Waals surface area contributed by atoms with Gasteiger partial charge < -0.3 is 15.3 Å². The molecule has 1 atom stereocenters. The first kappa shape index (κ1) is 14.9. The van der Waals surface area contributed by atoms with Crippen molar-refractivity contribution in [2.45, 2.75) is 13.3 Å². The van der Waals surface area contributed by atoms with Crippen LogP contribution >= 0.6 is 0 Å². The molecule has 0 aromatic carbocycles. The van der Waals surface area contributed by atoms with Crippen molar-refractivity contribution < 1.29 is 14.7 Å². The second kappa shape index (κ2) is 6.72. The highest BCUT2D eigenvalue weighted by Gasteiger charge is 2.14. The summed E-state index contributed by atoms with van der Waals surface area (Å²) >= 11 is 0. The Kier molecular flexibility index (Phi) is 5.29. The Labute approximate surface area is 112 Å². The maximum atomic E-state index is 11.6. The van der Waals surface area contributed by atoms with E-state index in [0.717, 1.165) is 0 Å². The molecule has 0 bridgehead atoms. The van der Waals surface area contributed by atoms with Crippen LogP contribution in [0.15, 0.2) is 18.3 Å². The van der Waals surface area contributed by atoms with Crippen molar-refractivity contribution in [3.63, 3.8) is 0 Å². The first-order chi connectivity index (χ1) is 8.95. The van der Waals surface area contributed by atoms with Crippen molar-refractivity contribution in [1.29, 1.82) is 0 Å². The van der Waals surface area contributed by atoms with Crippen LogP contribution < -0.4 is 5.32 Å². The van der Waals surface area contributed by atoms with E-state index in [9.17, 15) is 9.59 Å². The van der Waals surface area contributed by atoms with E-state index in [1.165, 1.54) is 11.1 Å². The zero-order valence-corrected chi connectivity index (χ0v) is 11.4. The average molecular weight is 265 g/mol. The molecule has 0 saturated heterocycles. The van der Waals surface area contributed by atoms with E-state index < -0.39 is 11.9 Å². The third-order valence-electron chi connectivity index (χ3n) is 2.79. The smallest absolute Gasteiger partial charge is 0.308 e. The monoisotopic (exact) mass is 265 g/mol. The van der Waals surface area contributed by atoms with Crippen LogP contribution in [0, 0.1) is 5.92 Å². The molecule has 2 N–H and O–H groups in total. The number of amides is 1. The number of carbonyl (C=O) groups excluding carboxylic acids is 1. The molecular weight excluding hydrogens is 246 g/mol. The zero-order valence-electron chi connectivity index (χ0n) is 11.4. The molecule has 0 saturated carbocycles. The van der Waals surface area contributed by atoms with Gasteiger partial charge in [-0.15, -0.1) is 0 Å². The number of nitrogens with zero attached hydrogens (tertiary/aromatic N) is 2. The van der Waals surface area contributed by atoms with Crippen LogP contribution in [0.3, 0.4) is 0 Å². The lowest BCUT2D eigenvalue weighted by Crippen LogP contribution is -2.23. The Bertz CT molecular complexity index is 443. The standard InChI is InChI=1S/C13H19N3O3/c1-4-9(13(18)19)7-14-11-6-5-10(8-15-11)12(17)16(2)3/h5-6,8-9H,4,7H2,1-3H3,(H,14,15)(H,18,19). The summed E-state index contributed by atoms with van der Waals surface area (Å²) in [7, 11) is 3.35. The fourth-order valence-electron chi connectivity index (χ4n) is 1.52. The van der Waals surface area contributed by atoms with Crippen LogP contribution in [0.2, 0.25) is 0 Å². The molecule has 19 heavy (non-hydrogen) atoms. The number of anilines is 1. The molecule has 0 spiro atoms. The summed E-state index contributed by atoms with van der Waals surface area (Å²) in [6.45, 7) is 2.15. The minimum atomic E-state index is -0.825. The number of aliphatic carboxylic acids is 1. The van der Waals surface area contributed by atoms with Gasteiger partial charge in [0.25, 0.3) is 5.91 Å². The first-order valence-electron chi connectivity index (χ1n) is 6.10. The molecule has 1 rings (SSSR count). The van der Waals surface area contributed by atoms with Crippen LogP contribution in [0.4, 0.5) is 5.82 Å². The van der Waals surface area contributed by atoms with Gasteiger partial charge in [0, 0.05) is 26.8 Å². The molecule has 6 nitrogen and oxygen atoms in total. The third kappa shape index (κ3) is 4.24. The van der Waals surface area contributed by atoms with Gasteiger partial charge in [0.1, 0.15) is 5.82 Å². The number of hydrogen-bond donors (Lipinski definition) is 2. The van der Waals surface area contributed by atoms with Gasteiger partial charge in [0.05, 0.1) is 11.5 Å². The van der Waals surface area contributed by atoms with Crippen LogP contribution in [0.5, 0.6) is 0 Å². The van der Waals surface area contributed by atoms with E-state index in [1.54, 1.807) is 26.2 Å². The Hall–Kier alpha value is -2.11. The number of aromatic nitrogens is 1. The van der Waals surface area contributed by atoms with E-state index in [4.69, 9.17) is 5.11 Å². The Morgan fingerprint density at radius 2 is 2.11 bits per heavy atom. The Morgan fingerprint density at radius 3 is 2.53 bits per heavy atom. The van der Waals surface area contributed by atoms with E-state index in [0.29, 0.717) is 24.3 Å². The normalized spacial score (nSPS) is 11.7. The summed E-state index contributed by atoms with van der Waals surface area (Å²) in [6, 6.07) is 3.34. The molecule has 1 heterocycles. The number of carboxylic acids is 1. The first-order valence-corrected chi connectivity index (χ1v) is 6.10. The van der Waals surface area contributed by atoms with Crippen molar-refractivity contribution in [2.75, 3.05) is 26.0 Å². The maximum absolute atomic E-state index is 11.6. The molecule has 0 aliphatic rings. The van der Waals surface area contributed by atoms with Gasteiger partial charge in [-0.2, -0.15) is 0 Å². The highest BCUT2D eigenvalue weighted by molar-refractivity contribution is 5.93. The van der Waals surface area contributed by atoms with Crippen LogP contribution in [-0.4, -0.2) is 47.5 Å². The quantitative estimate of drug-likeness (QED) is 0.810. The number of rotatable bonds is 6. The van der Waals surface area contributed by atoms with Gasteiger partial charge in [-0.1, -0.05) is 6.92 Å². The molecule has 1 amide bonds. The van der Waals surface area contributed by atoms with Crippen molar-refractivity contribution in [3.8, 4) is 0 Å². The van der Waals surface area contributed by atoms with E-state index >= 15 is 0 Å². The predicted molar refractivity (Wildman–Crippen MR) is 72.2 cm³/mol. The molecule has 0 radical (unpaired) electrons. The van der Waals surface area contributed by atoms with Crippen LogP contribution in [0.25, 0.3) is 0 Å². The lowest BCUT2D eigenvalue weighted by atomic mass is 10.1. The van der Waals surface area contributed by atoms with Crippen molar-refractivity contribution in [1.82, 2.24) is 9.88 Å². The maximum Gasteiger partial charge on any atom is 0.308 e.